The fourth-order valence-corrected chi connectivity index (χ4v) is 5.98. The Morgan fingerprint density at radius 1 is 1.30 bits per heavy atom. The molecule has 0 fully saturated rings. The van der Waals surface area contributed by atoms with E-state index in [4.69, 9.17) is 16.6 Å². The third-order valence-corrected chi connectivity index (χ3v) is 7.54. The van der Waals surface area contributed by atoms with Crippen LogP contribution in [0.1, 0.15) is 59.9 Å². The Balaban J connectivity index is 1.70. The summed E-state index contributed by atoms with van der Waals surface area (Å²) in [4.78, 5) is 27.8. The quantitative estimate of drug-likeness (QED) is 0.400. The molecule has 0 atom stereocenters. The Morgan fingerprint density at radius 3 is 2.88 bits per heavy atom. The van der Waals surface area contributed by atoms with Gasteiger partial charge >= 0.3 is 0 Å². The van der Waals surface area contributed by atoms with Gasteiger partial charge < -0.3 is 4.98 Å². The summed E-state index contributed by atoms with van der Waals surface area (Å²) in [7, 11) is 0. The Bertz CT molecular complexity index is 1410. The van der Waals surface area contributed by atoms with Gasteiger partial charge in [0.2, 0.25) is 0 Å². The van der Waals surface area contributed by atoms with Crippen LogP contribution < -0.4 is 5.56 Å². The van der Waals surface area contributed by atoms with Crippen molar-refractivity contribution in [2.75, 3.05) is 0 Å². The molecule has 0 unspecified atom stereocenters. The molecular weight excluding hydrogens is 454 g/mol. The molecule has 4 heterocycles. The van der Waals surface area contributed by atoms with Gasteiger partial charge in [-0.1, -0.05) is 31.5 Å². The molecule has 170 valence electrons. The maximum Gasteiger partial charge on any atom is 0.260 e. The number of thiophene rings is 1. The van der Waals surface area contributed by atoms with Gasteiger partial charge in [-0.15, -0.1) is 11.3 Å². The van der Waals surface area contributed by atoms with Crippen molar-refractivity contribution < 1.29 is 0 Å². The molecule has 1 N–H and O–H groups in total. The number of nitrogens with one attached hydrogen (secondary N) is 1. The van der Waals surface area contributed by atoms with Gasteiger partial charge in [-0.25, -0.2) is 4.98 Å². The Kier molecular flexibility index (Phi) is 5.93. The van der Waals surface area contributed by atoms with Gasteiger partial charge in [-0.3, -0.25) is 14.5 Å². The van der Waals surface area contributed by atoms with E-state index in [0.29, 0.717) is 22.6 Å². The fourth-order valence-electron chi connectivity index (χ4n) is 4.42. The van der Waals surface area contributed by atoms with E-state index in [2.05, 4.69) is 28.9 Å². The van der Waals surface area contributed by atoms with Gasteiger partial charge in [0.15, 0.2) is 0 Å². The number of hydrogen-bond acceptors (Lipinski definition) is 5. The molecule has 0 aromatic carbocycles. The van der Waals surface area contributed by atoms with Crippen LogP contribution in [0.3, 0.4) is 0 Å². The highest BCUT2D eigenvalue weighted by Crippen LogP contribution is 2.35. The number of hydrogen-bond donors (Lipinski definition) is 1. The second-order valence-electron chi connectivity index (χ2n) is 8.94. The summed E-state index contributed by atoms with van der Waals surface area (Å²) in [6.07, 6.45) is 7.95. The van der Waals surface area contributed by atoms with Crippen LogP contribution in [0.4, 0.5) is 0 Å². The molecule has 4 aromatic heterocycles. The molecular formula is C25H26ClN5OS. The van der Waals surface area contributed by atoms with E-state index < -0.39 is 0 Å². The first-order valence-electron chi connectivity index (χ1n) is 11.3. The maximum absolute atomic E-state index is 13.2. The van der Waals surface area contributed by atoms with Crippen LogP contribution in [-0.2, 0) is 19.4 Å². The molecule has 0 aliphatic heterocycles. The molecule has 0 bridgehead atoms. The van der Waals surface area contributed by atoms with Gasteiger partial charge in [-0.05, 0) is 62.3 Å². The predicted molar refractivity (Wildman–Crippen MR) is 135 cm³/mol. The summed E-state index contributed by atoms with van der Waals surface area (Å²) in [6.45, 7) is 6.94. The summed E-state index contributed by atoms with van der Waals surface area (Å²) in [5.41, 5.74) is 4.16. The van der Waals surface area contributed by atoms with E-state index in [1.807, 2.05) is 35.9 Å². The monoisotopic (exact) mass is 479 g/mol. The smallest absolute Gasteiger partial charge is 0.260 e. The average Bonchev–Trinajstić information content (AvgIpc) is 3.29. The van der Waals surface area contributed by atoms with E-state index in [1.165, 1.54) is 16.9 Å². The Hall–Kier alpha value is -2.77. The summed E-state index contributed by atoms with van der Waals surface area (Å²) >= 11 is 8.38. The SMILES string of the molecule is Cc1nn(CC(C)C)c(Cl)c1C=C(c1ccccn1)c1nc2sc3c(c2c(=O)[nH]1)CCCC3. The number of halogens is 1. The molecule has 5 rings (SSSR count). The van der Waals surface area contributed by atoms with Crippen LogP contribution in [0.25, 0.3) is 21.9 Å². The fraction of sp³-hybridized carbons (Fsp3) is 0.360. The zero-order chi connectivity index (χ0) is 23.1. The highest BCUT2D eigenvalue weighted by molar-refractivity contribution is 7.18. The molecule has 0 saturated heterocycles. The largest absolute Gasteiger partial charge is 0.306 e. The van der Waals surface area contributed by atoms with Crippen LogP contribution in [0.15, 0.2) is 29.2 Å². The first kappa shape index (κ1) is 22.0. The molecule has 8 heteroatoms. The van der Waals surface area contributed by atoms with Crippen LogP contribution >= 0.6 is 22.9 Å². The van der Waals surface area contributed by atoms with E-state index in [9.17, 15) is 4.79 Å². The number of aromatic amines is 1. The van der Waals surface area contributed by atoms with Crippen LogP contribution in [0.2, 0.25) is 5.15 Å². The lowest BCUT2D eigenvalue weighted by atomic mass is 9.97. The molecule has 0 amide bonds. The van der Waals surface area contributed by atoms with Crippen molar-refractivity contribution in [1.29, 1.82) is 0 Å². The summed E-state index contributed by atoms with van der Waals surface area (Å²) in [5, 5.41) is 5.95. The highest BCUT2D eigenvalue weighted by atomic mass is 35.5. The van der Waals surface area contributed by atoms with Crippen molar-refractivity contribution in [3.05, 3.63) is 73.1 Å². The lowest BCUT2D eigenvalue weighted by Gasteiger charge is -2.10. The molecule has 1 aliphatic carbocycles. The molecule has 0 saturated carbocycles. The zero-order valence-corrected chi connectivity index (χ0v) is 20.6. The summed E-state index contributed by atoms with van der Waals surface area (Å²) < 4.78 is 1.83. The molecule has 33 heavy (non-hydrogen) atoms. The average molecular weight is 480 g/mol. The van der Waals surface area contributed by atoms with Gasteiger partial charge in [0.05, 0.1) is 16.8 Å². The molecule has 0 spiro atoms. The van der Waals surface area contributed by atoms with Gasteiger partial charge in [0.1, 0.15) is 15.8 Å². The Labute approximate surface area is 201 Å². The number of pyridine rings is 1. The second kappa shape index (κ2) is 8.88. The van der Waals surface area contributed by atoms with Crippen molar-refractivity contribution >= 4 is 44.8 Å². The number of aromatic nitrogens is 5. The van der Waals surface area contributed by atoms with Crippen molar-refractivity contribution in [1.82, 2.24) is 24.7 Å². The van der Waals surface area contributed by atoms with Gasteiger partial charge in [-0.2, -0.15) is 5.10 Å². The number of aryl methyl sites for hydroxylation is 3. The Morgan fingerprint density at radius 2 is 2.12 bits per heavy atom. The van der Waals surface area contributed by atoms with E-state index >= 15 is 0 Å². The minimum atomic E-state index is -0.0884. The topological polar surface area (TPSA) is 76.5 Å². The minimum Gasteiger partial charge on any atom is -0.306 e. The third kappa shape index (κ3) is 4.15. The first-order chi connectivity index (χ1) is 15.9. The number of H-pyrrole nitrogens is 1. The zero-order valence-electron chi connectivity index (χ0n) is 19.0. The van der Waals surface area contributed by atoms with E-state index in [1.54, 1.807) is 17.5 Å². The van der Waals surface area contributed by atoms with Crippen LogP contribution in [0.5, 0.6) is 0 Å². The van der Waals surface area contributed by atoms with Crippen LogP contribution in [-0.4, -0.2) is 24.7 Å². The van der Waals surface area contributed by atoms with E-state index in [0.717, 1.165) is 52.9 Å². The molecule has 6 nitrogen and oxygen atoms in total. The lowest BCUT2D eigenvalue weighted by Crippen LogP contribution is -2.13. The van der Waals surface area contributed by atoms with Crippen molar-refractivity contribution in [2.24, 2.45) is 5.92 Å². The number of rotatable bonds is 5. The number of fused-ring (bicyclic) bond motifs is 3. The van der Waals surface area contributed by atoms with Gasteiger partial charge in [0, 0.05) is 28.8 Å². The molecule has 1 aliphatic rings. The van der Waals surface area contributed by atoms with Gasteiger partial charge in [0.25, 0.3) is 5.56 Å². The maximum atomic E-state index is 13.2. The van der Waals surface area contributed by atoms with Crippen molar-refractivity contribution in [3.8, 4) is 0 Å². The molecule has 0 radical (unpaired) electrons. The van der Waals surface area contributed by atoms with Crippen molar-refractivity contribution in [2.45, 2.75) is 53.0 Å². The highest BCUT2D eigenvalue weighted by Gasteiger charge is 2.22. The predicted octanol–water partition coefficient (Wildman–Crippen LogP) is 5.66. The summed E-state index contributed by atoms with van der Waals surface area (Å²) in [6, 6.07) is 5.71. The second-order valence-corrected chi connectivity index (χ2v) is 10.4. The molecule has 4 aromatic rings. The minimum absolute atomic E-state index is 0.0884. The lowest BCUT2D eigenvalue weighted by molar-refractivity contribution is 0.482. The third-order valence-electron chi connectivity index (χ3n) is 5.96. The van der Waals surface area contributed by atoms with Crippen molar-refractivity contribution in [3.63, 3.8) is 0 Å². The normalized spacial score (nSPS) is 14.3. The standard InChI is InChI=1S/C25H26ClN5OS/c1-14(2)13-31-22(26)17(15(3)30-31)12-18(19-9-6-7-11-27-19)23-28-24(32)21-16-8-4-5-10-20(16)33-25(21)29-23/h6-7,9,11-12,14H,4-5,8,10,13H2,1-3H3,(H,28,29,32). The summed E-state index contributed by atoms with van der Waals surface area (Å²) in [5.74, 6) is 0.913. The van der Waals surface area contributed by atoms with E-state index in [-0.39, 0.29) is 5.56 Å². The van der Waals surface area contributed by atoms with Crippen LogP contribution in [0, 0.1) is 12.8 Å². The first-order valence-corrected chi connectivity index (χ1v) is 12.5. The number of nitrogens with zero attached hydrogens (tertiary/aromatic N) is 4.